The first-order chi connectivity index (χ1) is 13.5. The number of methoxy groups -OCH3 is 2. The van der Waals surface area contributed by atoms with Crippen molar-refractivity contribution in [2.24, 2.45) is 0 Å². The maximum atomic E-state index is 13.0. The maximum absolute atomic E-state index is 13.0. The minimum atomic E-state index is -0.479. The molecule has 1 heterocycles. The molecule has 0 aliphatic carbocycles. The van der Waals surface area contributed by atoms with Crippen molar-refractivity contribution < 1.29 is 23.4 Å². The van der Waals surface area contributed by atoms with Gasteiger partial charge in [0.15, 0.2) is 23.2 Å². The summed E-state index contributed by atoms with van der Waals surface area (Å²) in [5.41, 5.74) is 1.51. The summed E-state index contributed by atoms with van der Waals surface area (Å²) >= 11 is 7.14. The number of anilines is 1. The number of nitrogens with one attached hydrogen (secondary N) is 1. The van der Waals surface area contributed by atoms with Crippen molar-refractivity contribution in [3.05, 3.63) is 52.6 Å². The topological polar surface area (TPSA) is 69.7 Å². The van der Waals surface area contributed by atoms with Gasteiger partial charge in [-0.2, -0.15) is 0 Å². The van der Waals surface area contributed by atoms with Gasteiger partial charge in [0.25, 0.3) is 5.91 Å². The highest BCUT2D eigenvalue weighted by Crippen LogP contribution is 2.33. The van der Waals surface area contributed by atoms with Crippen LogP contribution < -0.4 is 19.5 Å². The van der Waals surface area contributed by atoms with Crippen molar-refractivity contribution in [3.8, 4) is 28.5 Å². The zero-order valence-electron chi connectivity index (χ0n) is 15.0. The molecule has 0 spiro atoms. The van der Waals surface area contributed by atoms with Crippen molar-refractivity contribution in [1.82, 2.24) is 4.98 Å². The Morgan fingerprint density at radius 1 is 1.14 bits per heavy atom. The molecule has 0 saturated heterocycles. The number of carbonyl (C=O) groups excluding carboxylic acids is 1. The van der Waals surface area contributed by atoms with E-state index >= 15 is 0 Å². The largest absolute Gasteiger partial charge is 0.493 e. The molecule has 9 heteroatoms. The Labute approximate surface area is 169 Å². The second kappa shape index (κ2) is 8.90. The molecule has 0 radical (unpaired) electrons. The number of halogens is 2. The number of aromatic nitrogens is 1. The zero-order chi connectivity index (χ0) is 20.1. The third-order valence-corrected chi connectivity index (χ3v) is 4.74. The average Bonchev–Trinajstić information content (AvgIpc) is 3.15. The third kappa shape index (κ3) is 4.71. The molecule has 28 heavy (non-hydrogen) atoms. The molecule has 0 saturated carbocycles. The number of rotatable bonds is 7. The number of hydrogen-bond acceptors (Lipinski definition) is 6. The monoisotopic (exact) mass is 422 g/mol. The van der Waals surface area contributed by atoms with Crippen LogP contribution in [-0.4, -0.2) is 31.7 Å². The summed E-state index contributed by atoms with van der Waals surface area (Å²) in [7, 11) is 3.12. The molecule has 1 amide bonds. The van der Waals surface area contributed by atoms with Gasteiger partial charge in [-0.3, -0.25) is 10.1 Å². The molecule has 146 valence electrons. The number of carbonyl (C=O) groups is 1. The number of amides is 1. The van der Waals surface area contributed by atoms with Gasteiger partial charge in [0.1, 0.15) is 11.6 Å². The van der Waals surface area contributed by atoms with E-state index in [4.69, 9.17) is 25.8 Å². The smallest absolute Gasteiger partial charge is 0.264 e. The van der Waals surface area contributed by atoms with E-state index in [-0.39, 0.29) is 17.4 Å². The summed E-state index contributed by atoms with van der Waals surface area (Å²) in [6.45, 7) is -0.281. The van der Waals surface area contributed by atoms with E-state index in [0.29, 0.717) is 22.3 Å². The van der Waals surface area contributed by atoms with Crippen molar-refractivity contribution in [2.75, 3.05) is 26.1 Å². The van der Waals surface area contributed by atoms with Crippen LogP contribution in [0, 0.1) is 5.82 Å². The summed E-state index contributed by atoms with van der Waals surface area (Å²) in [6.07, 6.45) is 0. The summed E-state index contributed by atoms with van der Waals surface area (Å²) in [6, 6.07) is 9.12. The molecule has 0 fully saturated rings. The van der Waals surface area contributed by atoms with Gasteiger partial charge in [-0.15, -0.1) is 11.3 Å². The van der Waals surface area contributed by atoms with Crippen LogP contribution in [0.2, 0.25) is 5.02 Å². The quantitative estimate of drug-likeness (QED) is 0.600. The molecular weight excluding hydrogens is 407 g/mol. The molecule has 1 aromatic heterocycles. The van der Waals surface area contributed by atoms with E-state index in [0.717, 1.165) is 11.6 Å². The first-order valence-corrected chi connectivity index (χ1v) is 9.31. The molecule has 0 atom stereocenters. The van der Waals surface area contributed by atoms with Gasteiger partial charge in [0.05, 0.1) is 24.9 Å². The van der Waals surface area contributed by atoms with Crippen LogP contribution in [0.15, 0.2) is 41.8 Å². The Morgan fingerprint density at radius 3 is 2.61 bits per heavy atom. The van der Waals surface area contributed by atoms with Gasteiger partial charge < -0.3 is 14.2 Å². The number of hydrogen-bond donors (Lipinski definition) is 1. The lowest BCUT2D eigenvalue weighted by Crippen LogP contribution is -2.20. The first kappa shape index (κ1) is 19.9. The van der Waals surface area contributed by atoms with E-state index in [9.17, 15) is 9.18 Å². The Morgan fingerprint density at radius 2 is 1.89 bits per heavy atom. The van der Waals surface area contributed by atoms with Crippen LogP contribution in [0.1, 0.15) is 0 Å². The van der Waals surface area contributed by atoms with E-state index in [1.165, 1.54) is 23.5 Å². The third-order valence-electron chi connectivity index (χ3n) is 3.68. The van der Waals surface area contributed by atoms with E-state index in [1.807, 2.05) is 11.4 Å². The molecule has 0 unspecified atom stereocenters. The highest BCUT2D eigenvalue weighted by atomic mass is 35.5. The minimum absolute atomic E-state index is 0.0952. The minimum Gasteiger partial charge on any atom is -0.493 e. The molecule has 3 aromatic rings. The van der Waals surface area contributed by atoms with E-state index in [2.05, 4.69) is 10.3 Å². The molecule has 2 aromatic carbocycles. The Balaban J connectivity index is 1.63. The van der Waals surface area contributed by atoms with Crippen molar-refractivity contribution in [1.29, 1.82) is 0 Å². The van der Waals surface area contributed by atoms with Gasteiger partial charge in [-0.25, -0.2) is 9.37 Å². The van der Waals surface area contributed by atoms with E-state index < -0.39 is 11.7 Å². The molecular formula is C19H16ClFN2O4S. The molecule has 3 rings (SSSR count). The van der Waals surface area contributed by atoms with Gasteiger partial charge in [0, 0.05) is 10.9 Å². The van der Waals surface area contributed by atoms with Crippen molar-refractivity contribution in [3.63, 3.8) is 0 Å². The van der Waals surface area contributed by atoms with Crippen molar-refractivity contribution >= 4 is 34.0 Å². The van der Waals surface area contributed by atoms with Gasteiger partial charge in [0.2, 0.25) is 0 Å². The average molecular weight is 423 g/mol. The van der Waals surface area contributed by atoms with Crippen LogP contribution >= 0.6 is 22.9 Å². The lowest BCUT2D eigenvalue weighted by atomic mass is 10.1. The highest BCUT2D eigenvalue weighted by Gasteiger charge is 2.12. The van der Waals surface area contributed by atoms with E-state index in [1.54, 1.807) is 26.4 Å². The molecule has 1 N–H and O–H groups in total. The lowest BCUT2D eigenvalue weighted by molar-refractivity contribution is -0.118. The Bertz CT molecular complexity index is 996. The summed E-state index contributed by atoms with van der Waals surface area (Å²) in [5, 5.41) is 4.98. The predicted octanol–water partition coefficient (Wildman–Crippen LogP) is 4.64. The Hall–Kier alpha value is -2.84. The normalized spacial score (nSPS) is 10.4. The maximum Gasteiger partial charge on any atom is 0.264 e. The first-order valence-electron chi connectivity index (χ1n) is 8.05. The molecule has 0 aliphatic rings. The summed E-state index contributed by atoms with van der Waals surface area (Å²) in [4.78, 5) is 16.5. The van der Waals surface area contributed by atoms with Gasteiger partial charge in [-0.05, 0) is 36.4 Å². The summed E-state index contributed by atoms with van der Waals surface area (Å²) < 4.78 is 28.8. The van der Waals surface area contributed by atoms with Crippen LogP contribution in [0.25, 0.3) is 11.3 Å². The number of thiazole rings is 1. The van der Waals surface area contributed by atoms with Crippen LogP contribution in [0.4, 0.5) is 9.52 Å². The second-order valence-electron chi connectivity index (χ2n) is 5.52. The van der Waals surface area contributed by atoms with Crippen molar-refractivity contribution in [2.45, 2.75) is 0 Å². The second-order valence-corrected chi connectivity index (χ2v) is 6.78. The molecule has 0 bridgehead atoms. The van der Waals surface area contributed by atoms with Gasteiger partial charge >= 0.3 is 0 Å². The van der Waals surface area contributed by atoms with Crippen LogP contribution in [0.3, 0.4) is 0 Å². The predicted molar refractivity (Wildman–Crippen MR) is 106 cm³/mol. The van der Waals surface area contributed by atoms with Crippen LogP contribution in [-0.2, 0) is 4.79 Å². The number of benzene rings is 2. The lowest BCUT2D eigenvalue weighted by Gasteiger charge is -2.08. The highest BCUT2D eigenvalue weighted by molar-refractivity contribution is 7.14. The molecule has 0 aliphatic heterocycles. The zero-order valence-corrected chi connectivity index (χ0v) is 16.6. The SMILES string of the molecule is COc1ccc(-c2csc(NC(=O)COc3ccc(F)cc3Cl)n2)cc1OC. The number of ether oxygens (including phenoxy) is 3. The number of nitrogens with zero attached hydrogens (tertiary/aromatic N) is 1. The van der Waals surface area contributed by atoms with Crippen LogP contribution in [0.5, 0.6) is 17.2 Å². The standard InChI is InChI=1S/C19H16ClFN2O4S/c1-25-16-5-3-11(7-17(16)26-2)14-10-28-19(22-14)23-18(24)9-27-15-6-4-12(21)8-13(15)20/h3-8,10H,9H2,1-2H3,(H,22,23,24). The fourth-order valence-electron chi connectivity index (χ4n) is 2.35. The Kier molecular flexibility index (Phi) is 6.33. The fraction of sp³-hybridized carbons (Fsp3) is 0.158. The van der Waals surface area contributed by atoms with Gasteiger partial charge in [-0.1, -0.05) is 11.6 Å². The summed E-state index contributed by atoms with van der Waals surface area (Å²) in [5.74, 6) is 0.541. The molecule has 6 nitrogen and oxygen atoms in total. The fourth-order valence-corrected chi connectivity index (χ4v) is 3.31.